The molecule has 0 radical (unpaired) electrons. The Labute approximate surface area is 109 Å². The van der Waals surface area contributed by atoms with Gasteiger partial charge in [0.1, 0.15) is 6.61 Å². The van der Waals surface area contributed by atoms with Crippen LogP contribution < -0.4 is 10.5 Å². The molecule has 0 amide bonds. The normalized spacial score (nSPS) is 16.1. The van der Waals surface area contributed by atoms with Crippen molar-refractivity contribution in [2.45, 2.75) is 32.7 Å². The first-order valence-electron chi connectivity index (χ1n) is 6.87. The van der Waals surface area contributed by atoms with Gasteiger partial charge in [0.15, 0.2) is 0 Å². The van der Waals surface area contributed by atoms with Gasteiger partial charge < -0.3 is 10.5 Å². The van der Waals surface area contributed by atoms with Crippen LogP contribution in [0.4, 0.5) is 0 Å². The summed E-state index contributed by atoms with van der Waals surface area (Å²) >= 11 is 0. The molecule has 0 saturated carbocycles. The zero-order valence-corrected chi connectivity index (χ0v) is 11.2. The van der Waals surface area contributed by atoms with Crippen LogP contribution in [0.25, 0.3) is 0 Å². The standard InChI is InChI=1S/C14H23N3O/c1-2-13-9-12(11-15)10-14(16-13)18-8-7-17-5-3-4-6-17/h9-10H,2-8,11,15H2,1H3. The molecule has 4 nitrogen and oxygen atoms in total. The Kier molecular flexibility index (Phi) is 4.96. The second-order valence-electron chi connectivity index (χ2n) is 4.76. The van der Waals surface area contributed by atoms with Gasteiger partial charge in [-0.05, 0) is 44.0 Å². The van der Waals surface area contributed by atoms with Crippen LogP contribution in [0, 0.1) is 0 Å². The number of pyridine rings is 1. The van der Waals surface area contributed by atoms with E-state index in [1.54, 1.807) is 0 Å². The molecule has 1 saturated heterocycles. The summed E-state index contributed by atoms with van der Waals surface area (Å²) in [5, 5.41) is 0. The summed E-state index contributed by atoms with van der Waals surface area (Å²) in [4.78, 5) is 6.91. The molecule has 0 spiro atoms. The number of hydrogen-bond acceptors (Lipinski definition) is 4. The van der Waals surface area contributed by atoms with E-state index in [0.29, 0.717) is 19.0 Å². The number of nitrogens with two attached hydrogens (primary N) is 1. The lowest BCUT2D eigenvalue weighted by Crippen LogP contribution is -2.25. The maximum absolute atomic E-state index is 5.74. The molecule has 2 rings (SSSR count). The molecular formula is C14H23N3O. The van der Waals surface area contributed by atoms with Crippen LogP contribution in [0.2, 0.25) is 0 Å². The van der Waals surface area contributed by atoms with Crippen LogP contribution in [0.3, 0.4) is 0 Å². The molecule has 1 aromatic heterocycles. The third kappa shape index (κ3) is 3.68. The first-order chi connectivity index (χ1) is 8.81. The molecule has 0 aliphatic carbocycles. The lowest BCUT2D eigenvalue weighted by molar-refractivity contribution is 0.231. The molecule has 0 bridgehead atoms. The van der Waals surface area contributed by atoms with Gasteiger partial charge in [-0.3, -0.25) is 4.90 Å². The summed E-state index contributed by atoms with van der Waals surface area (Å²) < 4.78 is 5.74. The fourth-order valence-corrected chi connectivity index (χ4v) is 2.28. The fraction of sp³-hybridized carbons (Fsp3) is 0.643. The lowest BCUT2D eigenvalue weighted by atomic mass is 10.2. The smallest absolute Gasteiger partial charge is 0.213 e. The van der Waals surface area contributed by atoms with E-state index in [1.165, 1.54) is 25.9 Å². The molecule has 1 fully saturated rings. The van der Waals surface area contributed by atoms with E-state index in [4.69, 9.17) is 10.5 Å². The van der Waals surface area contributed by atoms with Crippen molar-refractivity contribution in [3.05, 3.63) is 23.4 Å². The van der Waals surface area contributed by atoms with Crippen molar-refractivity contribution in [3.63, 3.8) is 0 Å². The van der Waals surface area contributed by atoms with Gasteiger partial charge in [0.05, 0.1) is 0 Å². The Balaban J connectivity index is 1.87. The summed E-state index contributed by atoms with van der Waals surface area (Å²) in [5.41, 5.74) is 7.82. The lowest BCUT2D eigenvalue weighted by Gasteiger charge is -2.15. The second kappa shape index (κ2) is 6.71. The number of rotatable bonds is 6. The largest absolute Gasteiger partial charge is 0.476 e. The van der Waals surface area contributed by atoms with Gasteiger partial charge in [-0.1, -0.05) is 6.92 Å². The molecule has 100 valence electrons. The van der Waals surface area contributed by atoms with E-state index < -0.39 is 0 Å². The highest BCUT2D eigenvalue weighted by atomic mass is 16.5. The van der Waals surface area contributed by atoms with Crippen molar-refractivity contribution in [1.29, 1.82) is 0 Å². The van der Waals surface area contributed by atoms with E-state index in [-0.39, 0.29) is 0 Å². The third-order valence-corrected chi connectivity index (χ3v) is 3.37. The summed E-state index contributed by atoms with van der Waals surface area (Å²) in [5.74, 6) is 0.717. The number of nitrogens with zero attached hydrogens (tertiary/aromatic N) is 2. The predicted octanol–water partition coefficient (Wildman–Crippen LogP) is 1.58. The van der Waals surface area contributed by atoms with Crippen molar-refractivity contribution in [2.75, 3.05) is 26.2 Å². The number of ether oxygens (including phenoxy) is 1. The summed E-state index contributed by atoms with van der Waals surface area (Å²) in [6.07, 6.45) is 3.55. The predicted molar refractivity (Wildman–Crippen MR) is 72.7 cm³/mol. The molecule has 1 aliphatic rings. The number of likely N-dealkylation sites (tertiary alicyclic amines) is 1. The maximum atomic E-state index is 5.74. The van der Waals surface area contributed by atoms with Gasteiger partial charge in [0, 0.05) is 24.8 Å². The molecule has 18 heavy (non-hydrogen) atoms. The average molecular weight is 249 g/mol. The van der Waals surface area contributed by atoms with E-state index >= 15 is 0 Å². The molecule has 2 N–H and O–H groups in total. The second-order valence-corrected chi connectivity index (χ2v) is 4.76. The van der Waals surface area contributed by atoms with Crippen LogP contribution in [-0.2, 0) is 13.0 Å². The highest BCUT2D eigenvalue weighted by Crippen LogP contribution is 2.13. The van der Waals surface area contributed by atoms with Gasteiger partial charge in [-0.15, -0.1) is 0 Å². The van der Waals surface area contributed by atoms with Crippen molar-refractivity contribution in [2.24, 2.45) is 5.73 Å². The first-order valence-corrected chi connectivity index (χ1v) is 6.87. The van der Waals surface area contributed by atoms with E-state index in [9.17, 15) is 0 Å². The van der Waals surface area contributed by atoms with Crippen molar-refractivity contribution >= 4 is 0 Å². The maximum Gasteiger partial charge on any atom is 0.213 e. The topological polar surface area (TPSA) is 51.4 Å². The molecule has 1 aromatic rings. The van der Waals surface area contributed by atoms with Gasteiger partial charge >= 0.3 is 0 Å². The number of aryl methyl sites for hydroxylation is 1. The highest BCUT2D eigenvalue weighted by Gasteiger charge is 2.11. The zero-order valence-electron chi connectivity index (χ0n) is 11.2. The number of aromatic nitrogens is 1. The summed E-state index contributed by atoms with van der Waals surface area (Å²) in [6.45, 7) is 6.76. The minimum atomic E-state index is 0.540. The Hall–Kier alpha value is -1.13. The minimum Gasteiger partial charge on any atom is -0.476 e. The summed E-state index contributed by atoms with van der Waals surface area (Å²) in [7, 11) is 0. The van der Waals surface area contributed by atoms with E-state index in [0.717, 1.165) is 24.2 Å². The fourth-order valence-electron chi connectivity index (χ4n) is 2.28. The molecule has 2 heterocycles. The monoisotopic (exact) mass is 249 g/mol. The van der Waals surface area contributed by atoms with Gasteiger partial charge in [-0.25, -0.2) is 4.98 Å². The average Bonchev–Trinajstić information content (AvgIpc) is 2.91. The number of hydrogen-bond donors (Lipinski definition) is 1. The third-order valence-electron chi connectivity index (χ3n) is 3.37. The Morgan fingerprint density at radius 3 is 2.78 bits per heavy atom. The highest BCUT2D eigenvalue weighted by molar-refractivity contribution is 5.25. The van der Waals surface area contributed by atoms with Crippen LogP contribution >= 0.6 is 0 Å². The SMILES string of the molecule is CCc1cc(CN)cc(OCCN2CCCC2)n1. The molecule has 1 aliphatic heterocycles. The Morgan fingerprint density at radius 2 is 2.11 bits per heavy atom. The van der Waals surface area contributed by atoms with Gasteiger partial charge in [0.25, 0.3) is 0 Å². The van der Waals surface area contributed by atoms with E-state index in [1.807, 2.05) is 12.1 Å². The van der Waals surface area contributed by atoms with Crippen molar-refractivity contribution < 1.29 is 4.74 Å². The van der Waals surface area contributed by atoms with Gasteiger partial charge in [0.2, 0.25) is 5.88 Å². The van der Waals surface area contributed by atoms with E-state index in [2.05, 4.69) is 16.8 Å². The Bertz CT molecular complexity index is 353. The molecule has 4 heteroatoms. The Morgan fingerprint density at radius 1 is 1.33 bits per heavy atom. The van der Waals surface area contributed by atoms with Crippen molar-refractivity contribution in [3.8, 4) is 5.88 Å². The minimum absolute atomic E-state index is 0.540. The zero-order chi connectivity index (χ0) is 12.8. The van der Waals surface area contributed by atoms with Gasteiger partial charge in [-0.2, -0.15) is 0 Å². The first kappa shape index (κ1) is 13.3. The van der Waals surface area contributed by atoms with Crippen LogP contribution in [0.1, 0.15) is 31.0 Å². The molecule has 0 aromatic carbocycles. The van der Waals surface area contributed by atoms with Crippen LogP contribution in [0.15, 0.2) is 12.1 Å². The van der Waals surface area contributed by atoms with Crippen LogP contribution in [0.5, 0.6) is 5.88 Å². The molecule has 0 atom stereocenters. The quantitative estimate of drug-likeness (QED) is 0.831. The van der Waals surface area contributed by atoms with Crippen molar-refractivity contribution in [1.82, 2.24) is 9.88 Å². The molecular weight excluding hydrogens is 226 g/mol. The molecule has 0 unspecified atom stereocenters. The van der Waals surface area contributed by atoms with Crippen LogP contribution in [-0.4, -0.2) is 36.1 Å². The summed E-state index contributed by atoms with van der Waals surface area (Å²) in [6, 6.07) is 4.00.